The predicted octanol–water partition coefficient (Wildman–Crippen LogP) is 7.37. The molecule has 0 N–H and O–H groups in total. The number of nitrogens with zero attached hydrogens (tertiary/aromatic N) is 1. The summed E-state index contributed by atoms with van der Waals surface area (Å²) in [6.07, 6.45) is 1.78. The van der Waals surface area contributed by atoms with Gasteiger partial charge >= 0.3 is 0 Å². The number of amides is 1. The first-order chi connectivity index (χ1) is 17.4. The van der Waals surface area contributed by atoms with E-state index in [9.17, 15) is 9.18 Å². The number of thioether (sulfide) groups is 1. The number of thiocarbonyl (C=S) groups is 1. The molecule has 1 saturated heterocycles. The molecule has 1 amide bonds. The second-order valence-corrected chi connectivity index (χ2v) is 10.2. The Morgan fingerprint density at radius 2 is 1.69 bits per heavy atom. The largest absolute Gasteiger partial charge is 0.494 e. The van der Waals surface area contributed by atoms with Crippen LogP contribution in [0, 0.1) is 5.82 Å². The first kappa shape index (κ1) is 26.2. The lowest BCUT2D eigenvalue weighted by Crippen LogP contribution is -2.27. The lowest BCUT2D eigenvalue weighted by atomic mass is 10.1. The van der Waals surface area contributed by atoms with Gasteiger partial charge in [0.25, 0.3) is 5.91 Å². The van der Waals surface area contributed by atoms with Crippen LogP contribution in [-0.4, -0.2) is 23.4 Å². The minimum atomic E-state index is -0.299. The summed E-state index contributed by atoms with van der Waals surface area (Å²) in [6.45, 7) is 5.05. The molecule has 36 heavy (non-hydrogen) atoms. The molecule has 3 aromatic carbocycles. The summed E-state index contributed by atoms with van der Waals surface area (Å²) in [5.74, 6) is 1.30. The Morgan fingerprint density at radius 3 is 2.36 bits per heavy atom. The number of carbonyl (C=O) groups excluding carboxylic acids is 1. The van der Waals surface area contributed by atoms with Crippen LogP contribution in [0.25, 0.3) is 6.08 Å². The average Bonchev–Trinajstić information content (AvgIpc) is 3.13. The number of rotatable bonds is 9. The molecule has 0 saturated carbocycles. The molecule has 0 radical (unpaired) electrons. The van der Waals surface area contributed by atoms with Crippen molar-refractivity contribution in [3.8, 4) is 17.2 Å². The molecule has 1 aliphatic rings. The van der Waals surface area contributed by atoms with Crippen LogP contribution in [0.1, 0.15) is 25.0 Å². The molecule has 1 aliphatic heterocycles. The van der Waals surface area contributed by atoms with E-state index in [1.165, 1.54) is 28.8 Å². The lowest BCUT2D eigenvalue weighted by molar-refractivity contribution is -0.113. The molecule has 9 heteroatoms. The van der Waals surface area contributed by atoms with Gasteiger partial charge in [-0.1, -0.05) is 36.1 Å². The first-order valence-electron chi connectivity index (χ1n) is 11.2. The van der Waals surface area contributed by atoms with Crippen molar-refractivity contribution in [3.05, 3.63) is 87.0 Å². The molecule has 0 unspecified atom stereocenters. The van der Waals surface area contributed by atoms with Gasteiger partial charge in [0.05, 0.1) is 28.3 Å². The molecular weight excluding hydrogens is 565 g/mol. The Labute approximate surface area is 227 Å². The SMILES string of the molecule is CCOc1ccc(N2C(=O)/C(=C/c3cc(Br)c(OCc4ccc(F)cc4)c(OCC)c3)SC2=S)cc1. The number of hydrogen-bond acceptors (Lipinski definition) is 6. The number of anilines is 1. The van der Waals surface area contributed by atoms with Crippen LogP contribution in [0.15, 0.2) is 70.0 Å². The Hall–Kier alpha value is -2.88. The average molecular weight is 589 g/mol. The summed E-state index contributed by atoms with van der Waals surface area (Å²) < 4.78 is 31.6. The van der Waals surface area contributed by atoms with Crippen molar-refractivity contribution in [3.63, 3.8) is 0 Å². The van der Waals surface area contributed by atoms with E-state index in [4.69, 9.17) is 26.4 Å². The summed E-state index contributed by atoms with van der Waals surface area (Å²) in [5, 5.41) is 0. The Bertz CT molecular complexity index is 1300. The molecule has 3 aromatic rings. The molecule has 4 rings (SSSR count). The second kappa shape index (κ2) is 11.9. The zero-order chi connectivity index (χ0) is 25.7. The third kappa shape index (κ3) is 6.08. The van der Waals surface area contributed by atoms with Crippen molar-refractivity contribution < 1.29 is 23.4 Å². The van der Waals surface area contributed by atoms with Crippen LogP contribution in [-0.2, 0) is 11.4 Å². The van der Waals surface area contributed by atoms with Crippen LogP contribution in [0.4, 0.5) is 10.1 Å². The van der Waals surface area contributed by atoms with Crippen LogP contribution in [0.2, 0.25) is 0 Å². The fraction of sp³-hybridized carbons (Fsp3) is 0.185. The molecule has 0 atom stereocenters. The van der Waals surface area contributed by atoms with Gasteiger partial charge < -0.3 is 14.2 Å². The van der Waals surface area contributed by atoms with Crippen LogP contribution < -0.4 is 19.1 Å². The summed E-state index contributed by atoms with van der Waals surface area (Å²) in [5.41, 5.74) is 2.27. The highest BCUT2D eigenvalue weighted by Crippen LogP contribution is 2.40. The van der Waals surface area contributed by atoms with Gasteiger partial charge in [-0.2, -0.15) is 0 Å². The highest BCUT2D eigenvalue weighted by atomic mass is 79.9. The van der Waals surface area contributed by atoms with Gasteiger partial charge in [-0.15, -0.1) is 0 Å². The second-order valence-electron chi connectivity index (χ2n) is 7.62. The molecular formula is C27H23BrFNO4S2. The maximum Gasteiger partial charge on any atom is 0.270 e. The molecule has 0 aliphatic carbocycles. The van der Waals surface area contributed by atoms with Crippen LogP contribution >= 0.6 is 39.9 Å². The van der Waals surface area contributed by atoms with Crippen molar-refractivity contribution in [1.82, 2.24) is 0 Å². The van der Waals surface area contributed by atoms with Gasteiger partial charge in [0, 0.05) is 0 Å². The molecule has 5 nitrogen and oxygen atoms in total. The van der Waals surface area contributed by atoms with E-state index in [0.717, 1.165) is 16.9 Å². The van der Waals surface area contributed by atoms with E-state index >= 15 is 0 Å². The van der Waals surface area contributed by atoms with Crippen molar-refractivity contribution in [1.29, 1.82) is 0 Å². The monoisotopic (exact) mass is 587 g/mol. The van der Waals surface area contributed by atoms with Crippen molar-refractivity contribution >= 4 is 61.9 Å². The zero-order valence-corrected chi connectivity index (χ0v) is 22.8. The fourth-order valence-electron chi connectivity index (χ4n) is 3.51. The highest BCUT2D eigenvalue weighted by molar-refractivity contribution is 9.10. The predicted molar refractivity (Wildman–Crippen MR) is 149 cm³/mol. The molecule has 1 heterocycles. The maximum atomic E-state index is 13.2. The quantitative estimate of drug-likeness (QED) is 0.192. The van der Waals surface area contributed by atoms with E-state index in [1.807, 2.05) is 50.2 Å². The Balaban J connectivity index is 1.56. The topological polar surface area (TPSA) is 48.0 Å². The van der Waals surface area contributed by atoms with E-state index in [1.54, 1.807) is 18.2 Å². The summed E-state index contributed by atoms with van der Waals surface area (Å²) in [6, 6.07) is 17.1. The van der Waals surface area contributed by atoms with E-state index in [-0.39, 0.29) is 18.3 Å². The third-order valence-electron chi connectivity index (χ3n) is 5.13. The Kier molecular flexibility index (Phi) is 8.66. The normalized spacial score (nSPS) is 14.4. The standard InChI is InChI=1S/C27H23BrFNO4S2/c1-3-32-21-11-9-20(10-12-21)30-26(31)24(36-27(30)35)15-18-13-22(28)25(23(14-18)33-4-2)34-16-17-5-7-19(29)8-6-17/h5-15H,3-4,16H2,1-2H3/b24-15-. The third-order valence-corrected chi connectivity index (χ3v) is 7.02. The number of ether oxygens (including phenoxy) is 3. The van der Waals surface area contributed by atoms with E-state index in [2.05, 4.69) is 15.9 Å². The fourth-order valence-corrected chi connectivity index (χ4v) is 5.38. The van der Waals surface area contributed by atoms with Crippen LogP contribution in [0.5, 0.6) is 17.2 Å². The maximum absolute atomic E-state index is 13.2. The summed E-state index contributed by atoms with van der Waals surface area (Å²) >= 11 is 10.3. The van der Waals surface area contributed by atoms with Crippen molar-refractivity contribution in [2.45, 2.75) is 20.5 Å². The first-order valence-corrected chi connectivity index (χ1v) is 13.3. The smallest absolute Gasteiger partial charge is 0.270 e. The summed E-state index contributed by atoms with van der Waals surface area (Å²) in [4.78, 5) is 15.2. The molecule has 0 spiro atoms. The minimum absolute atomic E-state index is 0.195. The number of benzene rings is 3. The number of halogens is 2. The van der Waals surface area contributed by atoms with Crippen molar-refractivity contribution in [2.24, 2.45) is 0 Å². The van der Waals surface area contributed by atoms with E-state index in [0.29, 0.717) is 44.1 Å². The van der Waals surface area contributed by atoms with Crippen LogP contribution in [0.3, 0.4) is 0 Å². The summed E-state index contributed by atoms with van der Waals surface area (Å²) in [7, 11) is 0. The van der Waals surface area contributed by atoms with E-state index < -0.39 is 0 Å². The van der Waals surface area contributed by atoms with Gasteiger partial charge in [0.1, 0.15) is 18.2 Å². The van der Waals surface area contributed by atoms with Gasteiger partial charge in [-0.25, -0.2) is 4.39 Å². The molecule has 186 valence electrons. The van der Waals surface area contributed by atoms with Gasteiger partial charge in [0.2, 0.25) is 0 Å². The highest BCUT2D eigenvalue weighted by Gasteiger charge is 2.33. The number of hydrogen-bond donors (Lipinski definition) is 0. The van der Waals surface area contributed by atoms with Gasteiger partial charge in [-0.05, 0) is 95.5 Å². The number of carbonyl (C=O) groups is 1. The molecule has 0 aromatic heterocycles. The lowest BCUT2D eigenvalue weighted by Gasteiger charge is -2.15. The molecule has 0 bridgehead atoms. The molecule has 1 fully saturated rings. The van der Waals surface area contributed by atoms with Crippen molar-refractivity contribution in [2.75, 3.05) is 18.1 Å². The Morgan fingerprint density at radius 1 is 1.00 bits per heavy atom. The zero-order valence-electron chi connectivity index (χ0n) is 19.6. The van der Waals surface area contributed by atoms with Gasteiger partial charge in [0.15, 0.2) is 15.8 Å². The van der Waals surface area contributed by atoms with Gasteiger partial charge in [-0.3, -0.25) is 9.69 Å². The minimum Gasteiger partial charge on any atom is -0.494 e.